The van der Waals surface area contributed by atoms with Gasteiger partial charge in [0, 0.05) is 25.2 Å². The van der Waals surface area contributed by atoms with Crippen LogP contribution in [0.5, 0.6) is 0 Å². The van der Waals surface area contributed by atoms with Crippen LogP contribution in [0.15, 0.2) is 0 Å². The Bertz CT molecular complexity index is 833. The summed E-state index contributed by atoms with van der Waals surface area (Å²) in [5.74, 6) is 3.93. The molecule has 0 amide bonds. The summed E-state index contributed by atoms with van der Waals surface area (Å²) < 4.78 is 20.3. The third-order valence-corrected chi connectivity index (χ3v) is 13.5. The minimum atomic E-state index is 0.185. The van der Waals surface area contributed by atoms with Gasteiger partial charge < -0.3 is 36.7 Å². The molecule has 0 saturated heterocycles. The smallest absolute Gasteiger partial charge is 0.0637 e. The van der Waals surface area contributed by atoms with Gasteiger partial charge in [0.1, 0.15) is 0 Å². The van der Waals surface area contributed by atoms with E-state index >= 15 is 0 Å². The van der Waals surface area contributed by atoms with Crippen molar-refractivity contribution in [1.29, 1.82) is 0 Å². The number of rotatable bonds is 21. The number of nitrogens with one attached hydrogen (secondary N) is 1. The van der Waals surface area contributed by atoms with Crippen molar-refractivity contribution in [1.82, 2.24) is 5.32 Å². The Kier molecular flexibility index (Phi) is 15.4. The van der Waals surface area contributed by atoms with Gasteiger partial charge in [0.15, 0.2) is 0 Å². The predicted octanol–water partition coefficient (Wildman–Crippen LogP) is 6.26. The molecule has 7 nitrogen and oxygen atoms in total. The van der Waals surface area contributed by atoms with Gasteiger partial charge in [-0.25, -0.2) is 0 Å². The van der Waals surface area contributed by atoms with Gasteiger partial charge in [-0.2, -0.15) is 0 Å². The fraction of sp³-hybridized carbons (Fsp3) is 1.00. The molecule has 0 bridgehead atoms. The molecule has 0 aromatic carbocycles. The van der Waals surface area contributed by atoms with E-state index in [9.17, 15) is 0 Å². The molecule has 0 radical (unpaired) electrons. The molecular weight excluding hydrogens is 560 g/mol. The molecule has 0 aromatic heterocycles. The van der Waals surface area contributed by atoms with Gasteiger partial charge in [0.2, 0.25) is 0 Å². The Morgan fingerprint density at radius 2 is 1.44 bits per heavy atom. The first-order valence-electron chi connectivity index (χ1n) is 19.5. The van der Waals surface area contributed by atoms with Crippen molar-refractivity contribution in [2.75, 3.05) is 52.5 Å². The Balaban J connectivity index is 1.54. The molecule has 11 atom stereocenters. The number of ether oxygens (including phenoxy) is 3. The number of nitrogens with two attached hydrogens (primary N) is 3. The molecule has 4 fully saturated rings. The van der Waals surface area contributed by atoms with Crippen molar-refractivity contribution in [3.63, 3.8) is 0 Å². The summed E-state index contributed by atoms with van der Waals surface area (Å²) in [6.07, 6.45) is 18.9. The molecule has 0 aliphatic heterocycles. The Labute approximate surface area is 277 Å². The Morgan fingerprint density at radius 3 is 2.16 bits per heavy atom. The van der Waals surface area contributed by atoms with E-state index in [-0.39, 0.29) is 5.41 Å². The van der Waals surface area contributed by atoms with E-state index in [0.29, 0.717) is 78.9 Å². The van der Waals surface area contributed by atoms with Crippen LogP contribution in [0.1, 0.15) is 124 Å². The van der Waals surface area contributed by atoms with E-state index in [4.69, 9.17) is 31.4 Å². The molecule has 6 unspecified atom stereocenters. The summed E-state index contributed by atoms with van der Waals surface area (Å²) in [7, 11) is 0. The second-order valence-electron chi connectivity index (χ2n) is 16.1. The van der Waals surface area contributed by atoms with Crippen LogP contribution in [0.2, 0.25) is 0 Å². The average Bonchev–Trinajstić information content (AvgIpc) is 3.39. The normalized spacial score (nSPS) is 38.5. The van der Waals surface area contributed by atoms with Crippen LogP contribution in [-0.4, -0.2) is 70.9 Å². The number of unbranched alkanes of at least 4 members (excludes halogenated alkanes) is 2. The van der Waals surface area contributed by atoms with Crippen LogP contribution in [0, 0.1) is 46.3 Å². The molecule has 4 aliphatic carbocycles. The van der Waals surface area contributed by atoms with E-state index in [1.54, 1.807) is 0 Å². The molecule has 4 aliphatic rings. The minimum Gasteiger partial charge on any atom is -0.378 e. The maximum Gasteiger partial charge on any atom is 0.0637 e. The summed E-state index contributed by atoms with van der Waals surface area (Å²) >= 11 is 0. The third kappa shape index (κ3) is 8.85. The Morgan fingerprint density at radius 1 is 0.756 bits per heavy atom. The van der Waals surface area contributed by atoms with E-state index in [1.165, 1.54) is 70.6 Å². The lowest BCUT2D eigenvalue weighted by Gasteiger charge is -2.65. The van der Waals surface area contributed by atoms with E-state index in [1.807, 2.05) is 0 Å². The molecule has 0 aromatic rings. The van der Waals surface area contributed by atoms with Crippen LogP contribution in [0.3, 0.4) is 0 Å². The molecule has 4 rings (SSSR count). The van der Waals surface area contributed by atoms with Gasteiger partial charge in [-0.05, 0) is 157 Å². The quantitative estimate of drug-likeness (QED) is 0.110. The zero-order valence-corrected chi connectivity index (χ0v) is 29.9. The van der Waals surface area contributed by atoms with Crippen molar-refractivity contribution < 1.29 is 14.2 Å². The topological polar surface area (TPSA) is 118 Å². The monoisotopic (exact) mass is 635 g/mol. The molecule has 45 heavy (non-hydrogen) atoms. The standard InChI is InChI=1S/C38H74N4O3/c1-5-6-7-20-42-21-8-12-28(2)31-13-14-32-36-33(27-35(38(31,32)4)45-24-11-19-41)37(3)16-15-30(43-22-9-17-39)25-29(37)26-34(36)44-23-10-18-40/h28-36,42H,5-27,39-41H2,1-4H3/t28?,29?,30-,31?,32+,33+,34-,35+,36?,37?,38?/m1/s1. The number of fused-ring (bicyclic) bond motifs is 5. The SMILES string of the molecule is CCCCCNCCCC(C)C1CC[C@H]2C3[C@H](OCCCN)CC4C[C@H](OCCCN)CCC4(C)[C@H]3C[C@H](OCCCN)C12C. The first-order valence-corrected chi connectivity index (χ1v) is 19.5. The lowest BCUT2D eigenvalue weighted by molar-refractivity contribution is -0.227. The summed E-state index contributed by atoms with van der Waals surface area (Å²) in [5, 5.41) is 3.71. The predicted molar refractivity (Wildman–Crippen MR) is 187 cm³/mol. The van der Waals surface area contributed by atoms with E-state index < -0.39 is 0 Å². The molecule has 4 saturated carbocycles. The van der Waals surface area contributed by atoms with Gasteiger partial charge in [-0.3, -0.25) is 0 Å². The molecule has 7 heteroatoms. The first kappa shape index (κ1) is 37.5. The zero-order chi connectivity index (χ0) is 32.3. The molecule has 0 heterocycles. The highest BCUT2D eigenvalue weighted by Crippen LogP contribution is 2.69. The van der Waals surface area contributed by atoms with Crippen molar-refractivity contribution in [2.45, 2.75) is 142 Å². The third-order valence-electron chi connectivity index (χ3n) is 13.5. The van der Waals surface area contributed by atoms with Crippen molar-refractivity contribution in [2.24, 2.45) is 63.5 Å². The van der Waals surface area contributed by atoms with Crippen molar-refractivity contribution in [3.8, 4) is 0 Å². The average molecular weight is 635 g/mol. The second-order valence-corrected chi connectivity index (χ2v) is 16.1. The number of hydrogen-bond donors (Lipinski definition) is 4. The van der Waals surface area contributed by atoms with E-state index in [0.717, 1.165) is 58.6 Å². The maximum absolute atomic E-state index is 7.01. The lowest BCUT2D eigenvalue weighted by atomic mass is 9.43. The van der Waals surface area contributed by atoms with Crippen molar-refractivity contribution in [3.05, 3.63) is 0 Å². The zero-order valence-electron chi connectivity index (χ0n) is 29.9. The second kappa shape index (κ2) is 18.5. The fourth-order valence-electron chi connectivity index (χ4n) is 11.0. The molecular formula is C38H74N4O3. The summed E-state index contributed by atoms with van der Waals surface area (Å²) in [4.78, 5) is 0. The van der Waals surface area contributed by atoms with Gasteiger partial charge in [-0.1, -0.05) is 40.5 Å². The molecule has 7 N–H and O–H groups in total. The maximum atomic E-state index is 7.01. The first-order chi connectivity index (χ1) is 21.8. The summed E-state index contributed by atoms with van der Waals surface area (Å²) in [6.45, 7) is 16.9. The van der Waals surface area contributed by atoms with Gasteiger partial charge in [-0.15, -0.1) is 0 Å². The highest BCUT2D eigenvalue weighted by atomic mass is 16.5. The molecule has 0 spiro atoms. The fourth-order valence-corrected chi connectivity index (χ4v) is 11.0. The van der Waals surface area contributed by atoms with Gasteiger partial charge >= 0.3 is 0 Å². The van der Waals surface area contributed by atoms with Crippen LogP contribution >= 0.6 is 0 Å². The van der Waals surface area contributed by atoms with E-state index in [2.05, 4.69) is 33.0 Å². The van der Waals surface area contributed by atoms with Crippen LogP contribution in [0.25, 0.3) is 0 Å². The van der Waals surface area contributed by atoms with Gasteiger partial charge in [0.05, 0.1) is 18.3 Å². The Hall–Kier alpha value is -0.280. The highest BCUT2D eigenvalue weighted by molar-refractivity contribution is 5.15. The van der Waals surface area contributed by atoms with Crippen LogP contribution < -0.4 is 22.5 Å². The molecule has 264 valence electrons. The van der Waals surface area contributed by atoms with Crippen molar-refractivity contribution >= 4 is 0 Å². The number of hydrogen-bond acceptors (Lipinski definition) is 7. The largest absolute Gasteiger partial charge is 0.378 e. The minimum absolute atomic E-state index is 0.185. The van der Waals surface area contributed by atoms with Gasteiger partial charge in [0.25, 0.3) is 0 Å². The summed E-state index contributed by atoms with van der Waals surface area (Å²) in [6, 6.07) is 0. The highest BCUT2D eigenvalue weighted by Gasteiger charge is 2.66. The lowest BCUT2D eigenvalue weighted by Crippen LogP contribution is -2.63. The van der Waals surface area contributed by atoms with Crippen LogP contribution in [0.4, 0.5) is 0 Å². The van der Waals surface area contributed by atoms with Crippen LogP contribution in [-0.2, 0) is 14.2 Å². The summed E-state index contributed by atoms with van der Waals surface area (Å²) in [5.41, 5.74) is 18.2.